The Labute approximate surface area is 154 Å². The summed E-state index contributed by atoms with van der Waals surface area (Å²) in [6.07, 6.45) is 4.29. The lowest BCUT2D eigenvalue weighted by atomic mass is 10.1. The van der Waals surface area contributed by atoms with E-state index in [2.05, 4.69) is 69.6 Å². The van der Waals surface area contributed by atoms with E-state index < -0.39 is 0 Å². The normalized spacial score (nSPS) is 10.6. The Morgan fingerprint density at radius 2 is 1.68 bits per heavy atom. The van der Waals surface area contributed by atoms with Gasteiger partial charge in [0.2, 0.25) is 0 Å². The molecule has 0 fully saturated rings. The minimum Gasteiger partial charge on any atom is -0.329 e. The van der Waals surface area contributed by atoms with E-state index in [-0.39, 0.29) is 12.4 Å². The Morgan fingerprint density at radius 3 is 2.32 bits per heavy atom. The molecule has 1 heterocycles. The van der Waals surface area contributed by atoms with Gasteiger partial charge in [-0.25, -0.2) is 9.67 Å². The van der Waals surface area contributed by atoms with Gasteiger partial charge in [0.15, 0.2) is 0 Å². The van der Waals surface area contributed by atoms with E-state index in [1.54, 1.807) is 17.3 Å². The van der Waals surface area contributed by atoms with Crippen molar-refractivity contribution >= 4 is 12.4 Å². The molecule has 1 aromatic heterocycles. The largest absolute Gasteiger partial charge is 0.329 e. The van der Waals surface area contributed by atoms with Crippen LogP contribution < -0.4 is 5.73 Å². The molecule has 0 aliphatic rings. The molecule has 0 aliphatic carbocycles. The van der Waals surface area contributed by atoms with Gasteiger partial charge >= 0.3 is 0 Å². The number of rotatable bonds is 8. The number of aromatic nitrogens is 3. The van der Waals surface area contributed by atoms with Crippen LogP contribution in [0.15, 0.2) is 67.3 Å². The van der Waals surface area contributed by atoms with Crippen LogP contribution in [0, 0.1) is 0 Å². The first kappa shape index (κ1) is 19.1. The first-order valence-corrected chi connectivity index (χ1v) is 8.25. The molecule has 0 saturated carbocycles. The molecule has 0 bridgehead atoms. The summed E-state index contributed by atoms with van der Waals surface area (Å²) in [4.78, 5) is 6.38. The minimum atomic E-state index is 0. The molecular weight excluding hydrogens is 334 g/mol. The van der Waals surface area contributed by atoms with E-state index >= 15 is 0 Å². The Kier molecular flexibility index (Phi) is 7.60. The molecule has 5 nitrogen and oxygen atoms in total. The van der Waals surface area contributed by atoms with E-state index in [9.17, 15) is 0 Å². The van der Waals surface area contributed by atoms with Crippen molar-refractivity contribution in [3.63, 3.8) is 0 Å². The van der Waals surface area contributed by atoms with Crippen molar-refractivity contribution in [2.45, 2.75) is 13.0 Å². The zero-order valence-corrected chi connectivity index (χ0v) is 15.0. The number of hydrogen-bond acceptors (Lipinski definition) is 4. The first-order chi connectivity index (χ1) is 11.8. The summed E-state index contributed by atoms with van der Waals surface area (Å²) in [5.74, 6) is 0. The fraction of sp³-hybridized carbons (Fsp3) is 0.263. The molecule has 2 N–H and O–H groups in total. The summed E-state index contributed by atoms with van der Waals surface area (Å²) >= 11 is 0. The van der Waals surface area contributed by atoms with E-state index in [0.29, 0.717) is 6.54 Å². The lowest BCUT2D eigenvalue weighted by molar-refractivity contribution is 0.276. The molecule has 132 valence electrons. The van der Waals surface area contributed by atoms with Gasteiger partial charge in [0.1, 0.15) is 12.7 Å². The zero-order valence-electron chi connectivity index (χ0n) is 14.2. The molecule has 3 aromatic rings. The molecule has 3 rings (SSSR count). The summed E-state index contributed by atoms with van der Waals surface area (Å²) in [5, 5.41) is 4.15. The summed E-state index contributed by atoms with van der Waals surface area (Å²) in [5.41, 5.74) is 9.44. The zero-order chi connectivity index (χ0) is 16.6. The van der Waals surface area contributed by atoms with Gasteiger partial charge in [0.05, 0.1) is 5.69 Å². The van der Waals surface area contributed by atoms with E-state index in [1.165, 1.54) is 11.1 Å². The third-order valence-corrected chi connectivity index (χ3v) is 4.03. The quantitative estimate of drug-likeness (QED) is 0.673. The lowest BCUT2D eigenvalue weighted by Crippen LogP contribution is -2.31. The highest BCUT2D eigenvalue weighted by molar-refractivity contribution is 5.85. The molecule has 25 heavy (non-hydrogen) atoms. The second-order valence-corrected chi connectivity index (χ2v) is 5.81. The molecule has 0 saturated heterocycles. The highest BCUT2D eigenvalue weighted by atomic mass is 35.5. The summed E-state index contributed by atoms with van der Waals surface area (Å²) < 4.78 is 1.76. The Hall–Kier alpha value is -2.21. The summed E-state index contributed by atoms with van der Waals surface area (Å²) in [6, 6.07) is 19.0. The van der Waals surface area contributed by atoms with Crippen LogP contribution in [-0.2, 0) is 13.0 Å². The number of benzene rings is 2. The number of nitrogens with zero attached hydrogens (tertiary/aromatic N) is 4. The Bertz CT molecular complexity index is 713. The molecule has 0 unspecified atom stereocenters. The predicted molar refractivity (Wildman–Crippen MR) is 103 cm³/mol. The lowest BCUT2D eigenvalue weighted by Gasteiger charge is -2.22. The topological polar surface area (TPSA) is 60.0 Å². The average Bonchev–Trinajstić information content (AvgIpc) is 3.16. The van der Waals surface area contributed by atoms with Gasteiger partial charge in [0.25, 0.3) is 0 Å². The molecule has 0 spiro atoms. The van der Waals surface area contributed by atoms with E-state index in [0.717, 1.165) is 31.7 Å². The number of halogens is 1. The van der Waals surface area contributed by atoms with Gasteiger partial charge in [-0.15, -0.1) is 12.4 Å². The smallest absolute Gasteiger partial charge is 0.138 e. The monoisotopic (exact) mass is 357 g/mol. The van der Waals surface area contributed by atoms with Gasteiger partial charge < -0.3 is 5.73 Å². The standard InChI is InChI=1S/C19H23N5.ClH/c20-11-13-23(12-10-17-4-2-1-3-5-17)14-18-6-8-19(9-7-18)24-16-21-15-22-24;/h1-9,15-16H,10-14,20H2;1H. The third-order valence-electron chi connectivity index (χ3n) is 4.03. The fourth-order valence-electron chi connectivity index (χ4n) is 2.74. The van der Waals surface area contributed by atoms with Crippen LogP contribution in [0.25, 0.3) is 5.69 Å². The van der Waals surface area contributed by atoms with Gasteiger partial charge in [0, 0.05) is 26.2 Å². The van der Waals surface area contributed by atoms with Crippen LogP contribution in [0.5, 0.6) is 0 Å². The molecule has 6 heteroatoms. The Balaban J connectivity index is 0.00000225. The van der Waals surface area contributed by atoms with Crippen LogP contribution in [0.1, 0.15) is 11.1 Å². The fourth-order valence-corrected chi connectivity index (χ4v) is 2.74. The van der Waals surface area contributed by atoms with Crippen molar-refractivity contribution in [2.24, 2.45) is 5.73 Å². The minimum absolute atomic E-state index is 0. The van der Waals surface area contributed by atoms with Crippen LogP contribution >= 0.6 is 12.4 Å². The van der Waals surface area contributed by atoms with Crippen molar-refractivity contribution < 1.29 is 0 Å². The number of hydrogen-bond donors (Lipinski definition) is 1. The summed E-state index contributed by atoms with van der Waals surface area (Å²) in [7, 11) is 0. The first-order valence-electron chi connectivity index (χ1n) is 8.25. The van der Waals surface area contributed by atoms with Gasteiger partial charge in [-0.05, 0) is 29.7 Å². The molecule has 0 amide bonds. The second-order valence-electron chi connectivity index (χ2n) is 5.81. The van der Waals surface area contributed by atoms with Crippen molar-refractivity contribution in [2.75, 3.05) is 19.6 Å². The number of nitrogens with two attached hydrogens (primary N) is 1. The van der Waals surface area contributed by atoms with Crippen molar-refractivity contribution in [3.8, 4) is 5.69 Å². The molecule has 0 radical (unpaired) electrons. The second kappa shape index (κ2) is 9.93. The van der Waals surface area contributed by atoms with Gasteiger partial charge in [-0.1, -0.05) is 42.5 Å². The SMILES string of the molecule is Cl.NCCN(CCc1ccccc1)Cc1ccc(-n2cncn2)cc1. The molecule has 2 aromatic carbocycles. The predicted octanol–water partition coefficient (Wildman–Crippen LogP) is 2.69. The molecule has 0 aliphatic heterocycles. The van der Waals surface area contributed by atoms with Crippen molar-refractivity contribution in [1.82, 2.24) is 19.7 Å². The van der Waals surface area contributed by atoms with Crippen molar-refractivity contribution in [1.29, 1.82) is 0 Å². The highest BCUT2D eigenvalue weighted by Gasteiger charge is 2.06. The summed E-state index contributed by atoms with van der Waals surface area (Å²) in [6.45, 7) is 3.48. The van der Waals surface area contributed by atoms with Crippen molar-refractivity contribution in [3.05, 3.63) is 78.4 Å². The van der Waals surface area contributed by atoms with Crippen LogP contribution in [0.4, 0.5) is 0 Å². The molecular formula is C19H24ClN5. The molecule has 0 atom stereocenters. The van der Waals surface area contributed by atoms with Crippen LogP contribution in [-0.4, -0.2) is 39.3 Å². The van der Waals surface area contributed by atoms with Gasteiger partial charge in [-0.2, -0.15) is 5.10 Å². The average molecular weight is 358 g/mol. The van der Waals surface area contributed by atoms with Gasteiger partial charge in [-0.3, -0.25) is 4.90 Å². The van der Waals surface area contributed by atoms with Crippen LogP contribution in [0.2, 0.25) is 0 Å². The van der Waals surface area contributed by atoms with E-state index in [4.69, 9.17) is 5.73 Å². The highest BCUT2D eigenvalue weighted by Crippen LogP contribution is 2.11. The van der Waals surface area contributed by atoms with E-state index in [1.807, 2.05) is 0 Å². The van der Waals surface area contributed by atoms with Crippen LogP contribution in [0.3, 0.4) is 0 Å². The Morgan fingerprint density at radius 1 is 0.920 bits per heavy atom. The maximum absolute atomic E-state index is 5.78. The third kappa shape index (κ3) is 5.67. The maximum atomic E-state index is 5.78. The maximum Gasteiger partial charge on any atom is 0.138 e.